The van der Waals surface area contributed by atoms with Crippen molar-refractivity contribution in [2.75, 3.05) is 23.7 Å². The van der Waals surface area contributed by atoms with E-state index in [9.17, 15) is 4.79 Å². The molecule has 2 aliphatic rings. The number of nitrogens with zero attached hydrogens (tertiary/aromatic N) is 2. The number of carbonyl (C=O) groups excluding carboxylic acids is 1. The molecule has 1 amide bonds. The summed E-state index contributed by atoms with van der Waals surface area (Å²) in [5.41, 5.74) is 5.81. The molecule has 4 heterocycles. The van der Waals surface area contributed by atoms with Crippen molar-refractivity contribution in [2.24, 2.45) is 0 Å². The van der Waals surface area contributed by atoms with Gasteiger partial charge in [-0.1, -0.05) is 0 Å². The van der Waals surface area contributed by atoms with Crippen LogP contribution in [-0.2, 0) is 0 Å². The quantitative estimate of drug-likeness (QED) is 0.419. The van der Waals surface area contributed by atoms with E-state index in [0.29, 0.717) is 11.3 Å². The first-order chi connectivity index (χ1) is 13.2. The predicted octanol–water partition coefficient (Wildman–Crippen LogP) is 1.61. The molecule has 1 atom stereocenters. The van der Waals surface area contributed by atoms with Crippen LogP contribution in [0.2, 0.25) is 0 Å². The van der Waals surface area contributed by atoms with Gasteiger partial charge in [0.2, 0.25) is 0 Å². The number of rotatable bonds is 3. The third-order valence-electron chi connectivity index (χ3n) is 5.31. The van der Waals surface area contributed by atoms with E-state index in [1.807, 2.05) is 19.1 Å². The maximum atomic E-state index is 12.9. The van der Waals surface area contributed by atoms with Gasteiger partial charge in [0.15, 0.2) is 0 Å². The van der Waals surface area contributed by atoms with E-state index in [4.69, 9.17) is 0 Å². The number of aryl methyl sites for hydroxylation is 1. The average molecular weight is 366 g/mol. The Morgan fingerprint density at radius 3 is 2.78 bits per heavy atom. The highest BCUT2D eigenvalue weighted by Crippen LogP contribution is 2.38. The zero-order valence-corrected chi connectivity index (χ0v) is 15.0. The van der Waals surface area contributed by atoms with Crippen molar-refractivity contribution in [3.8, 4) is 0 Å². The molecule has 1 fully saturated rings. The van der Waals surface area contributed by atoms with E-state index in [0.717, 1.165) is 54.0 Å². The fraction of sp³-hybridized carbons (Fsp3) is 0.389. The fourth-order valence-corrected chi connectivity index (χ4v) is 3.87. The van der Waals surface area contributed by atoms with E-state index >= 15 is 0 Å². The number of imidazole rings is 1. The number of carbonyl (C=O) groups is 1. The van der Waals surface area contributed by atoms with Crippen molar-refractivity contribution >= 4 is 28.3 Å². The SMILES string of the molecule is Cc1[nH]nc(C2Nc3cc4nc[nH]c4cc3N2)c1C(=O)NC1CCNCC1. The molecule has 0 saturated carbocycles. The number of amides is 1. The molecule has 5 rings (SSSR count). The number of aromatic nitrogens is 4. The number of hydrogen-bond donors (Lipinski definition) is 6. The minimum atomic E-state index is -0.273. The van der Waals surface area contributed by atoms with Gasteiger partial charge in [0.05, 0.1) is 34.3 Å². The molecule has 0 aliphatic carbocycles. The first-order valence-electron chi connectivity index (χ1n) is 9.25. The summed E-state index contributed by atoms with van der Waals surface area (Å²) in [5, 5.41) is 20.7. The minimum Gasteiger partial charge on any atom is -0.359 e. The summed E-state index contributed by atoms with van der Waals surface area (Å²) in [6.07, 6.45) is 3.30. The Morgan fingerprint density at radius 1 is 1.19 bits per heavy atom. The van der Waals surface area contributed by atoms with Crippen molar-refractivity contribution in [3.63, 3.8) is 0 Å². The third kappa shape index (κ3) is 2.80. The third-order valence-corrected chi connectivity index (χ3v) is 5.31. The molecule has 9 nitrogen and oxygen atoms in total. The fourth-order valence-electron chi connectivity index (χ4n) is 3.87. The second-order valence-corrected chi connectivity index (χ2v) is 7.15. The van der Waals surface area contributed by atoms with Crippen molar-refractivity contribution in [3.05, 3.63) is 35.4 Å². The summed E-state index contributed by atoms with van der Waals surface area (Å²) in [5.74, 6) is -0.0727. The van der Waals surface area contributed by atoms with Gasteiger partial charge in [-0.05, 0) is 45.0 Å². The van der Waals surface area contributed by atoms with Crippen molar-refractivity contribution < 1.29 is 4.79 Å². The molecule has 0 radical (unpaired) electrons. The summed E-state index contributed by atoms with van der Waals surface area (Å²) in [6.45, 7) is 3.75. The lowest BCUT2D eigenvalue weighted by molar-refractivity contribution is 0.0928. The molecule has 2 aliphatic heterocycles. The molecule has 140 valence electrons. The van der Waals surface area contributed by atoms with Crippen molar-refractivity contribution in [1.29, 1.82) is 0 Å². The van der Waals surface area contributed by atoms with Gasteiger partial charge in [-0.2, -0.15) is 5.10 Å². The van der Waals surface area contributed by atoms with Gasteiger partial charge < -0.3 is 26.3 Å². The van der Waals surface area contributed by atoms with E-state index in [1.54, 1.807) is 6.33 Å². The summed E-state index contributed by atoms with van der Waals surface area (Å²) in [6, 6.07) is 4.20. The van der Waals surface area contributed by atoms with Gasteiger partial charge in [0, 0.05) is 11.7 Å². The van der Waals surface area contributed by atoms with Crippen molar-refractivity contribution in [2.45, 2.75) is 32.0 Å². The van der Waals surface area contributed by atoms with Crippen LogP contribution in [0.15, 0.2) is 18.5 Å². The standard InChI is InChI=1S/C18H22N8O/c1-9-15(18(27)22-10-2-4-19-5-3-10)16(26-25-9)17-23-13-6-11-12(21-8-20-11)7-14(13)24-17/h6-8,10,17,19,23-24H,2-5H2,1H3,(H,20,21)(H,22,27)(H,25,26). The van der Waals surface area contributed by atoms with Gasteiger partial charge in [-0.3, -0.25) is 9.89 Å². The van der Waals surface area contributed by atoms with E-state index in [-0.39, 0.29) is 18.1 Å². The number of anilines is 2. The van der Waals surface area contributed by atoms with Gasteiger partial charge in [-0.25, -0.2) is 4.98 Å². The van der Waals surface area contributed by atoms with Gasteiger partial charge in [-0.15, -0.1) is 0 Å². The molecule has 6 N–H and O–H groups in total. The largest absolute Gasteiger partial charge is 0.359 e. The Kier molecular flexibility index (Phi) is 3.75. The Morgan fingerprint density at radius 2 is 1.96 bits per heavy atom. The summed E-state index contributed by atoms with van der Waals surface area (Å²) < 4.78 is 0. The van der Waals surface area contributed by atoms with Gasteiger partial charge >= 0.3 is 0 Å². The van der Waals surface area contributed by atoms with Gasteiger partial charge in [0.1, 0.15) is 11.9 Å². The van der Waals surface area contributed by atoms with Crippen LogP contribution in [0.25, 0.3) is 11.0 Å². The van der Waals surface area contributed by atoms with Crippen molar-refractivity contribution in [1.82, 2.24) is 30.8 Å². The number of hydrogen-bond acceptors (Lipinski definition) is 6. The highest BCUT2D eigenvalue weighted by molar-refractivity contribution is 5.97. The maximum absolute atomic E-state index is 12.9. The second kappa shape index (κ2) is 6.27. The lowest BCUT2D eigenvalue weighted by atomic mass is 10.1. The average Bonchev–Trinajstić information content (AvgIpc) is 3.37. The van der Waals surface area contributed by atoms with E-state index in [2.05, 4.69) is 41.4 Å². The molecular formula is C18H22N8O. The Hall–Kier alpha value is -3.07. The maximum Gasteiger partial charge on any atom is 0.255 e. The van der Waals surface area contributed by atoms with Crippen LogP contribution in [0.3, 0.4) is 0 Å². The topological polar surface area (TPSA) is 123 Å². The molecule has 0 bridgehead atoms. The molecule has 0 spiro atoms. The van der Waals surface area contributed by atoms with E-state index in [1.165, 1.54) is 0 Å². The molecule has 2 aromatic heterocycles. The van der Waals surface area contributed by atoms with Crippen LogP contribution in [0, 0.1) is 6.92 Å². The molecule has 1 aromatic carbocycles. The molecule has 1 unspecified atom stereocenters. The number of nitrogens with one attached hydrogen (secondary N) is 6. The molecule has 27 heavy (non-hydrogen) atoms. The Labute approximate surface area is 155 Å². The molecule has 9 heteroatoms. The first kappa shape index (κ1) is 16.1. The van der Waals surface area contributed by atoms with Crippen LogP contribution < -0.4 is 21.3 Å². The van der Waals surface area contributed by atoms with Crippen LogP contribution in [0.5, 0.6) is 0 Å². The van der Waals surface area contributed by atoms with E-state index < -0.39 is 0 Å². The summed E-state index contributed by atoms with van der Waals surface area (Å²) in [4.78, 5) is 20.3. The van der Waals surface area contributed by atoms with Gasteiger partial charge in [0.25, 0.3) is 5.91 Å². The molecular weight excluding hydrogens is 344 g/mol. The highest BCUT2D eigenvalue weighted by atomic mass is 16.1. The number of aromatic amines is 2. The molecule has 1 saturated heterocycles. The lowest BCUT2D eigenvalue weighted by Gasteiger charge is -2.24. The van der Waals surface area contributed by atoms with Crippen LogP contribution >= 0.6 is 0 Å². The normalized spacial score (nSPS) is 17.5. The van der Waals surface area contributed by atoms with Crippen LogP contribution in [0.4, 0.5) is 11.4 Å². The number of fused-ring (bicyclic) bond motifs is 2. The predicted molar refractivity (Wildman–Crippen MR) is 103 cm³/mol. The van der Waals surface area contributed by atoms with Crippen LogP contribution in [-0.4, -0.2) is 45.2 Å². The Bertz CT molecular complexity index is 960. The number of benzene rings is 1. The first-order valence-corrected chi connectivity index (χ1v) is 9.25. The summed E-state index contributed by atoms with van der Waals surface area (Å²) in [7, 11) is 0. The zero-order chi connectivity index (χ0) is 18.4. The monoisotopic (exact) mass is 366 g/mol. The lowest BCUT2D eigenvalue weighted by Crippen LogP contribution is -2.43. The molecule has 3 aromatic rings. The minimum absolute atomic E-state index is 0.0727. The Balaban J connectivity index is 1.40. The number of piperidine rings is 1. The number of H-pyrrole nitrogens is 2. The van der Waals surface area contributed by atoms with Crippen LogP contribution in [0.1, 0.15) is 40.8 Å². The smallest absolute Gasteiger partial charge is 0.255 e. The second-order valence-electron chi connectivity index (χ2n) is 7.15. The highest BCUT2D eigenvalue weighted by Gasteiger charge is 2.30. The zero-order valence-electron chi connectivity index (χ0n) is 15.0. The summed E-state index contributed by atoms with van der Waals surface area (Å²) >= 11 is 0.